The summed E-state index contributed by atoms with van der Waals surface area (Å²) >= 11 is 1.72. The lowest BCUT2D eigenvalue weighted by Gasteiger charge is -2.34. The van der Waals surface area contributed by atoms with Gasteiger partial charge in [-0.2, -0.15) is 0 Å². The van der Waals surface area contributed by atoms with Crippen LogP contribution >= 0.6 is 11.3 Å². The van der Waals surface area contributed by atoms with E-state index in [-0.39, 0.29) is 12.5 Å². The highest BCUT2D eigenvalue weighted by Gasteiger charge is 2.24. The van der Waals surface area contributed by atoms with Crippen molar-refractivity contribution in [2.45, 2.75) is 26.3 Å². The maximum Gasteiger partial charge on any atom is 0.260 e. The van der Waals surface area contributed by atoms with Gasteiger partial charge in [-0.1, -0.05) is 25.1 Å². The molecular formula is C22H30N4O2S. The number of hydrogen-bond donors (Lipinski definition) is 0. The highest BCUT2D eigenvalue weighted by molar-refractivity contribution is 7.13. The van der Waals surface area contributed by atoms with Gasteiger partial charge in [-0.15, -0.1) is 11.3 Å². The zero-order chi connectivity index (χ0) is 20.1. The third-order valence-corrected chi connectivity index (χ3v) is 6.76. The topological polar surface area (TPSA) is 48.9 Å². The van der Waals surface area contributed by atoms with Crippen molar-refractivity contribution in [2.24, 2.45) is 5.92 Å². The summed E-state index contributed by atoms with van der Waals surface area (Å²) in [6, 6.07) is 9.50. The molecule has 0 atom stereocenters. The second-order valence-electron chi connectivity index (χ2n) is 8.05. The van der Waals surface area contributed by atoms with Crippen LogP contribution in [0.2, 0.25) is 0 Å². The van der Waals surface area contributed by atoms with E-state index in [0.717, 1.165) is 49.5 Å². The number of hydrogen-bond acceptors (Lipinski definition) is 6. The van der Waals surface area contributed by atoms with Crippen molar-refractivity contribution in [2.75, 3.05) is 50.8 Å². The Morgan fingerprint density at radius 1 is 1.10 bits per heavy atom. The fourth-order valence-electron chi connectivity index (χ4n) is 3.86. The fourth-order valence-corrected chi connectivity index (χ4v) is 4.73. The number of amides is 1. The minimum absolute atomic E-state index is 0.0488. The van der Waals surface area contributed by atoms with E-state index in [4.69, 9.17) is 9.72 Å². The minimum atomic E-state index is 0.0488. The third kappa shape index (κ3) is 5.48. The number of likely N-dealkylation sites (tertiary alicyclic amines) is 1. The van der Waals surface area contributed by atoms with E-state index >= 15 is 0 Å². The Balaban J connectivity index is 1.22. The Bertz CT molecular complexity index is 781. The predicted octanol–water partition coefficient (Wildman–Crippen LogP) is 3.10. The van der Waals surface area contributed by atoms with Crippen molar-refractivity contribution >= 4 is 22.4 Å². The molecule has 0 bridgehead atoms. The number of aromatic nitrogens is 1. The Hall–Kier alpha value is -2.12. The number of piperidine rings is 1. The number of ether oxygens (including phenoxy) is 1. The van der Waals surface area contributed by atoms with Gasteiger partial charge >= 0.3 is 0 Å². The van der Waals surface area contributed by atoms with E-state index in [1.54, 1.807) is 11.3 Å². The number of thiazole rings is 1. The summed E-state index contributed by atoms with van der Waals surface area (Å²) < 4.78 is 5.59. The largest absolute Gasteiger partial charge is 0.484 e. The molecule has 2 aromatic rings. The smallest absolute Gasteiger partial charge is 0.260 e. The molecule has 4 rings (SSSR count). The third-order valence-electron chi connectivity index (χ3n) is 5.81. The molecule has 0 N–H and O–H groups in total. The van der Waals surface area contributed by atoms with Crippen LogP contribution in [-0.2, 0) is 11.3 Å². The van der Waals surface area contributed by atoms with Crippen LogP contribution in [-0.4, -0.2) is 66.6 Å². The molecular weight excluding hydrogens is 384 g/mol. The summed E-state index contributed by atoms with van der Waals surface area (Å²) in [6.07, 6.45) is 2.59. The zero-order valence-corrected chi connectivity index (χ0v) is 17.9. The number of anilines is 1. The highest BCUT2D eigenvalue weighted by Crippen LogP contribution is 2.24. The molecule has 0 saturated carbocycles. The van der Waals surface area contributed by atoms with E-state index in [0.29, 0.717) is 0 Å². The summed E-state index contributed by atoms with van der Waals surface area (Å²) in [4.78, 5) is 24.0. The van der Waals surface area contributed by atoms with E-state index in [1.807, 2.05) is 35.2 Å². The first kappa shape index (κ1) is 20.2. The summed E-state index contributed by atoms with van der Waals surface area (Å²) in [5, 5.41) is 3.27. The lowest BCUT2D eigenvalue weighted by Crippen LogP contribution is -2.50. The van der Waals surface area contributed by atoms with Crippen LogP contribution in [0.1, 0.15) is 25.5 Å². The molecule has 7 heteroatoms. The van der Waals surface area contributed by atoms with Crippen molar-refractivity contribution in [3.63, 3.8) is 0 Å². The fraction of sp³-hybridized carbons (Fsp3) is 0.545. The monoisotopic (exact) mass is 414 g/mol. The molecule has 0 unspecified atom stereocenters. The van der Waals surface area contributed by atoms with Gasteiger partial charge in [0, 0.05) is 38.1 Å². The van der Waals surface area contributed by atoms with Gasteiger partial charge in [0.15, 0.2) is 11.7 Å². The van der Waals surface area contributed by atoms with Gasteiger partial charge < -0.3 is 14.5 Å². The maximum absolute atomic E-state index is 12.4. The van der Waals surface area contributed by atoms with Crippen LogP contribution in [0, 0.1) is 5.92 Å². The lowest BCUT2D eigenvalue weighted by molar-refractivity contribution is -0.133. The number of carbonyl (C=O) groups excluding carboxylic acids is 1. The van der Waals surface area contributed by atoms with E-state index in [9.17, 15) is 4.79 Å². The van der Waals surface area contributed by atoms with Gasteiger partial charge in [-0.3, -0.25) is 9.69 Å². The zero-order valence-electron chi connectivity index (χ0n) is 17.1. The Morgan fingerprint density at radius 3 is 2.55 bits per heavy atom. The Kier molecular flexibility index (Phi) is 6.67. The number of benzene rings is 1. The minimum Gasteiger partial charge on any atom is -0.484 e. The van der Waals surface area contributed by atoms with Crippen molar-refractivity contribution in [3.05, 3.63) is 41.4 Å². The van der Waals surface area contributed by atoms with Crippen LogP contribution in [0.15, 0.2) is 35.7 Å². The molecule has 0 spiro atoms. The van der Waals surface area contributed by atoms with Gasteiger partial charge in [0.05, 0.1) is 5.69 Å². The average molecular weight is 415 g/mol. The van der Waals surface area contributed by atoms with E-state index < -0.39 is 0 Å². The Labute approximate surface area is 177 Å². The first-order valence-corrected chi connectivity index (χ1v) is 11.4. The summed E-state index contributed by atoms with van der Waals surface area (Å²) in [5.41, 5.74) is 1.18. The molecule has 1 amide bonds. The number of piperazine rings is 1. The second kappa shape index (κ2) is 9.59. The molecule has 2 saturated heterocycles. The van der Waals surface area contributed by atoms with Crippen LogP contribution in [0.3, 0.4) is 0 Å². The van der Waals surface area contributed by atoms with Gasteiger partial charge in [0.25, 0.3) is 5.91 Å². The number of carbonyl (C=O) groups is 1. The SMILES string of the molecule is CC1CCN(Cc2csc(N3CCN(C(=O)COc4ccccc4)CC3)n2)CC1. The van der Waals surface area contributed by atoms with Crippen LogP contribution in [0.4, 0.5) is 5.13 Å². The molecule has 156 valence electrons. The molecule has 1 aromatic heterocycles. The quantitative estimate of drug-likeness (QED) is 0.727. The van der Waals surface area contributed by atoms with Crippen LogP contribution in [0.5, 0.6) is 5.75 Å². The number of nitrogens with zero attached hydrogens (tertiary/aromatic N) is 4. The van der Waals surface area contributed by atoms with E-state index in [1.165, 1.54) is 31.6 Å². The van der Waals surface area contributed by atoms with Crippen LogP contribution < -0.4 is 9.64 Å². The van der Waals surface area contributed by atoms with Crippen molar-refractivity contribution < 1.29 is 9.53 Å². The van der Waals surface area contributed by atoms with Gasteiger partial charge in [0.1, 0.15) is 5.75 Å². The lowest BCUT2D eigenvalue weighted by atomic mass is 9.99. The summed E-state index contributed by atoms with van der Waals surface area (Å²) in [5.74, 6) is 1.64. The number of rotatable bonds is 6. The molecule has 0 aliphatic carbocycles. The summed E-state index contributed by atoms with van der Waals surface area (Å²) in [6.45, 7) is 8.84. The summed E-state index contributed by atoms with van der Waals surface area (Å²) in [7, 11) is 0. The molecule has 2 aliphatic rings. The Morgan fingerprint density at radius 2 is 1.83 bits per heavy atom. The van der Waals surface area contributed by atoms with Crippen LogP contribution in [0.25, 0.3) is 0 Å². The van der Waals surface area contributed by atoms with Crippen molar-refractivity contribution in [3.8, 4) is 5.75 Å². The first-order valence-electron chi connectivity index (χ1n) is 10.5. The van der Waals surface area contributed by atoms with E-state index in [2.05, 4.69) is 22.1 Å². The van der Waals surface area contributed by atoms with Crippen molar-refractivity contribution in [1.82, 2.24) is 14.8 Å². The molecule has 2 aliphatic heterocycles. The molecule has 1 aromatic carbocycles. The predicted molar refractivity (Wildman–Crippen MR) is 117 cm³/mol. The highest BCUT2D eigenvalue weighted by atomic mass is 32.1. The molecule has 0 radical (unpaired) electrons. The molecule has 3 heterocycles. The van der Waals surface area contributed by atoms with Gasteiger partial charge in [-0.25, -0.2) is 4.98 Å². The van der Waals surface area contributed by atoms with Gasteiger partial charge in [-0.05, 0) is 44.0 Å². The number of para-hydroxylation sites is 1. The first-order chi connectivity index (χ1) is 14.2. The normalized spacial score (nSPS) is 18.8. The standard InChI is InChI=1S/C22H30N4O2S/c1-18-7-9-24(10-8-18)15-19-17-29-22(23-19)26-13-11-25(12-14-26)21(27)16-28-20-5-3-2-4-6-20/h2-6,17-18H,7-16H2,1H3. The molecule has 2 fully saturated rings. The maximum atomic E-state index is 12.4. The van der Waals surface area contributed by atoms with Crippen molar-refractivity contribution in [1.29, 1.82) is 0 Å². The molecule has 29 heavy (non-hydrogen) atoms. The average Bonchev–Trinajstić information content (AvgIpc) is 3.23. The second-order valence-corrected chi connectivity index (χ2v) is 8.89. The van der Waals surface area contributed by atoms with Gasteiger partial charge in [0.2, 0.25) is 0 Å². The molecule has 6 nitrogen and oxygen atoms in total.